The van der Waals surface area contributed by atoms with Crippen LogP contribution in [0.15, 0.2) is 42.5 Å². The van der Waals surface area contributed by atoms with Crippen molar-refractivity contribution in [1.29, 1.82) is 0 Å². The van der Waals surface area contributed by atoms with Crippen molar-refractivity contribution in [1.82, 2.24) is 0 Å². The van der Waals surface area contributed by atoms with E-state index in [1.807, 2.05) is 0 Å². The van der Waals surface area contributed by atoms with Gasteiger partial charge >= 0.3 is 0 Å². The molecule has 2 rings (SSSR count). The minimum absolute atomic E-state index is 0.606. The second-order valence-corrected chi connectivity index (χ2v) is 11.4. The fraction of sp³-hybridized carbons (Fsp3) is 0.579. The van der Waals surface area contributed by atoms with Gasteiger partial charge in [-0.25, -0.2) is 0 Å². The van der Waals surface area contributed by atoms with E-state index in [9.17, 15) is 0 Å². The van der Waals surface area contributed by atoms with Gasteiger partial charge < -0.3 is 4.43 Å². The van der Waals surface area contributed by atoms with Crippen molar-refractivity contribution in [3.05, 3.63) is 48.0 Å². The standard InChI is InChI=1S/C19H30OSi/c1-5-6-12-21(3,4)20-15-18-13-16(2)14-19(18)17-10-8-7-9-11-17/h7-11,18-19H,2,5-6,12-15H2,1,3-4H3. The second kappa shape index (κ2) is 7.41. The van der Waals surface area contributed by atoms with E-state index in [1.54, 1.807) is 0 Å². The summed E-state index contributed by atoms with van der Waals surface area (Å²) in [6.07, 6.45) is 4.85. The third-order valence-corrected chi connectivity index (χ3v) is 7.18. The number of rotatable bonds is 7. The van der Waals surface area contributed by atoms with E-state index in [-0.39, 0.29) is 0 Å². The van der Waals surface area contributed by atoms with Gasteiger partial charge in [-0.1, -0.05) is 62.2 Å². The first-order chi connectivity index (χ1) is 10.0. The molecule has 0 spiro atoms. The molecule has 1 saturated carbocycles. The van der Waals surface area contributed by atoms with Gasteiger partial charge in [0.05, 0.1) is 0 Å². The van der Waals surface area contributed by atoms with Crippen LogP contribution in [0.5, 0.6) is 0 Å². The SMILES string of the molecule is C=C1CC(CO[Si](C)(C)CCCC)C(c2ccccc2)C1. The highest BCUT2D eigenvalue weighted by molar-refractivity contribution is 6.71. The third-order valence-electron chi connectivity index (χ3n) is 4.68. The Morgan fingerprint density at radius 3 is 2.57 bits per heavy atom. The summed E-state index contributed by atoms with van der Waals surface area (Å²) in [5, 5.41) is 0. The van der Waals surface area contributed by atoms with Crippen molar-refractivity contribution >= 4 is 8.32 Å². The molecule has 0 radical (unpaired) electrons. The lowest BCUT2D eigenvalue weighted by Gasteiger charge is -2.27. The average molecular weight is 303 g/mol. The molecule has 0 N–H and O–H groups in total. The van der Waals surface area contributed by atoms with E-state index in [0.29, 0.717) is 11.8 Å². The maximum Gasteiger partial charge on any atom is 0.186 e. The molecule has 2 unspecified atom stereocenters. The maximum absolute atomic E-state index is 6.41. The highest BCUT2D eigenvalue weighted by atomic mass is 28.4. The summed E-state index contributed by atoms with van der Waals surface area (Å²) < 4.78 is 6.41. The molecule has 0 heterocycles. The van der Waals surface area contributed by atoms with Crippen molar-refractivity contribution < 1.29 is 4.43 Å². The Morgan fingerprint density at radius 1 is 1.19 bits per heavy atom. The zero-order chi connectivity index (χ0) is 15.3. The van der Waals surface area contributed by atoms with E-state index in [1.165, 1.54) is 30.0 Å². The predicted octanol–water partition coefficient (Wildman–Crippen LogP) is 5.76. The maximum atomic E-state index is 6.41. The number of unbranched alkanes of at least 4 members (excludes halogenated alkanes) is 1. The first-order valence-electron chi connectivity index (χ1n) is 8.37. The Labute approximate surface area is 131 Å². The minimum Gasteiger partial charge on any atom is -0.417 e. The zero-order valence-corrected chi connectivity index (χ0v) is 14.9. The van der Waals surface area contributed by atoms with Crippen LogP contribution in [0, 0.1) is 5.92 Å². The van der Waals surface area contributed by atoms with Crippen LogP contribution in [0.3, 0.4) is 0 Å². The molecule has 1 fully saturated rings. The smallest absolute Gasteiger partial charge is 0.186 e. The van der Waals surface area contributed by atoms with Crippen molar-refractivity contribution in [2.75, 3.05) is 6.61 Å². The molecule has 116 valence electrons. The molecule has 2 heteroatoms. The summed E-state index contributed by atoms with van der Waals surface area (Å²) in [4.78, 5) is 0. The first kappa shape index (κ1) is 16.5. The van der Waals surface area contributed by atoms with E-state index >= 15 is 0 Å². The highest BCUT2D eigenvalue weighted by Crippen LogP contribution is 2.42. The Morgan fingerprint density at radius 2 is 1.90 bits per heavy atom. The van der Waals surface area contributed by atoms with Gasteiger partial charge in [0.25, 0.3) is 0 Å². The fourth-order valence-corrected chi connectivity index (χ4v) is 5.36. The molecule has 1 aromatic carbocycles. The summed E-state index contributed by atoms with van der Waals surface area (Å²) in [6.45, 7) is 12.1. The molecule has 1 aromatic rings. The number of hydrogen-bond donors (Lipinski definition) is 0. The highest BCUT2D eigenvalue weighted by Gasteiger charge is 2.33. The van der Waals surface area contributed by atoms with Crippen LogP contribution in [0.25, 0.3) is 0 Å². The van der Waals surface area contributed by atoms with Crippen molar-refractivity contribution in [2.24, 2.45) is 5.92 Å². The van der Waals surface area contributed by atoms with Gasteiger partial charge in [0, 0.05) is 6.61 Å². The van der Waals surface area contributed by atoms with Crippen LogP contribution in [0.4, 0.5) is 0 Å². The van der Waals surface area contributed by atoms with E-state index < -0.39 is 8.32 Å². The lowest BCUT2D eigenvalue weighted by Crippen LogP contribution is -2.32. The van der Waals surface area contributed by atoms with Crippen molar-refractivity contribution in [2.45, 2.75) is 57.7 Å². The van der Waals surface area contributed by atoms with Crippen LogP contribution in [0.1, 0.15) is 44.1 Å². The topological polar surface area (TPSA) is 9.23 Å². The van der Waals surface area contributed by atoms with Gasteiger partial charge in [-0.15, -0.1) is 0 Å². The Balaban J connectivity index is 1.96. The van der Waals surface area contributed by atoms with Crippen LogP contribution in [-0.2, 0) is 4.43 Å². The molecular weight excluding hydrogens is 272 g/mol. The molecule has 21 heavy (non-hydrogen) atoms. The van der Waals surface area contributed by atoms with E-state index in [4.69, 9.17) is 4.43 Å². The molecule has 2 atom stereocenters. The average Bonchev–Trinajstić information content (AvgIpc) is 2.85. The monoisotopic (exact) mass is 302 g/mol. The molecule has 0 saturated heterocycles. The fourth-order valence-electron chi connectivity index (χ4n) is 3.35. The molecule has 0 bridgehead atoms. The van der Waals surface area contributed by atoms with Gasteiger partial charge in [-0.05, 0) is 49.4 Å². The minimum atomic E-state index is -1.47. The lowest BCUT2D eigenvalue weighted by atomic mass is 9.89. The Bertz CT molecular complexity index is 452. The van der Waals surface area contributed by atoms with Gasteiger partial charge in [-0.3, -0.25) is 0 Å². The number of hydrogen-bond acceptors (Lipinski definition) is 1. The quantitative estimate of drug-likeness (QED) is 0.460. The van der Waals surface area contributed by atoms with Crippen LogP contribution < -0.4 is 0 Å². The Hall–Kier alpha value is -0.863. The molecule has 1 aliphatic rings. The number of allylic oxidation sites excluding steroid dienone is 1. The van der Waals surface area contributed by atoms with E-state index in [0.717, 1.165) is 19.4 Å². The summed E-state index contributed by atoms with van der Waals surface area (Å²) in [5.41, 5.74) is 2.85. The third kappa shape index (κ3) is 4.82. The van der Waals surface area contributed by atoms with Gasteiger partial charge in [0.15, 0.2) is 8.32 Å². The second-order valence-electron chi connectivity index (χ2n) is 7.11. The largest absolute Gasteiger partial charge is 0.417 e. The molecule has 1 nitrogen and oxygen atoms in total. The van der Waals surface area contributed by atoms with E-state index in [2.05, 4.69) is 56.9 Å². The Kier molecular flexibility index (Phi) is 5.83. The predicted molar refractivity (Wildman–Crippen MR) is 94.2 cm³/mol. The summed E-state index contributed by atoms with van der Waals surface area (Å²) >= 11 is 0. The zero-order valence-electron chi connectivity index (χ0n) is 13.9. The summed E-state index contributed by atoms with van der Waals surface area (Å²) in [6, 6.07) is 12.2. The molecule has 0 aliphatic heterocycles. The van der Waals surface area contributed by atoms with Gasteiger partial charge in [0.1, 0.15) is 0 Å². The van der Waals surface area contributed by atoms with Gasteiger partial charge in [0.2, 0.25) is 0 Å². The van der Waals surface area contributed by atoms with Crippen LogP contribution in [0.2, 0.25) is 19.1 Å². The lowest BCUT2D eigenvalue weighted by molar-refractivity contribution is 0.230. The van der Waals surface area contributed by atoms with Crippen LogP contribution >= 0.6 is 0 Å². The normalized spacial score (nSPS) is 22.7. The molecule has 0 amide bonds. The van der Waals surface area contributed by atoms with Crippen LogP contribution in [-0.4, -0.2) is 14.9 Å². The summed E-state index contributed by atoms with van der Waals surface area (Å²) in [7, 11) is -1.47. The van der Waals surface area contributed by atoms with Gasteiger partial charge in [-0.2, -0.15) is 0 Å². The molecular formula is C19H30OSi. The van der Waals surface area contributed by atoms with Crippen molar-refractivity contribution in [3.63, 3.8) is 0 Å². The summed E-state index contributed by atoms with van der Waals surface area (Å²) in [5.74, 6) is 1.22. The van der Waals surface area contributed by atoms with Crippen molar-refractivity contribution in [3.8, 4) is 0 Å². The first-order valence-corrected chi connectivity index (χ1v) is 11.5. The molecule has 1 aliphatic carbocycles. The number of benzene rings is 1. The molecule has 0 aromatic heterocycles.